The van der Waals surface area contributed by atoms with E-state index in [0.29, 0.717) is 29.0 Å². The number of aromatic amines is 1. The van der Waals surface area contributed by atoms with Gasteiger partial charge in [-0.3, -0.25) is 9.69 Å². The fourth-order valence-corrected chi connectivity index (χ4v) is 3.62. The van der Waals surface area contributed by atoms with Crippen LogP contribution in [0.2, 0.25) is 0 Å². The van der Waals surface area contributed by atoms with Crippen LogP contribution in [0.1, 0.15) is 28.9 Å². The Kier molecular flexibility index (Phi) is 7.51. The van der Waals surface area contributed by atoms with Crippen LogP contribution in [0.5, 0.6) is 5.75 Å². The number of amides is 1. The van der Waals surface area contributed by atoms with Gasteiger partial charge in [-0.15, -0.1) is 0 Å². The number of hydrogen-bond acceptors (Lipinski definition) is 8. The van der Waals surface area contributed by atoms with E-state index in [1.165, 1.54) is 18.2 Å². The monoisotopic (exact) mass is 484 g/mol. The first-order chi connectivity index (χ1) is 17.5. The lowest BCUT2D eigenvalue weighted by atomic mass is 10.1. The Bertz CT molecular complexity index is 1420. The lowest BCUT2D eigenvalue weighted by Gasteiger charge is -2.22. The number of H-pyrrole nitrogens is 1. The Morgan fingerprint density at radius 1 is 1.14 bits per heavy atom. The van der Waals surface area contributed by atoms with E-state index in [0.717, 1.165) is 23.4 Å². The van der Waals surface area contributed by atoms with Gasteiger partial charge in [0.1, 0.15) is 11.6 Å². The standard InChI is InChI=1S/C26H24N6O4/c1-17-4-3-12-28-25(17)32(13-11-23(33)35-2)26(34)36-20-14-21-24(29-16-20)31-22(30-21)10-9-18-5-7-19(15-27)8-6-18/h3-8,12,14,16H,9-11,13H2,1-2H3,(H,29,30,31). The number of carbonyl (C=O) groups is 2. The number of fused-ring (bicyclic) bond motifs is 1. The van der Waals surface area contributed by atoms with E-state index in [2.05, 4.69) is 26.0 Å². The molecule has 0 fully saturated rings. The average molecular weight is 485 g/mol. The van der Waals surface area contributed by atoms with Gasteiger partial charge in [-0.05, 0) is 42.7 Å². The summed E-state index contributed by atoms with van der Waals surface area (Å²) in [6.07, 6.45) is 3.68. The maximum atomic E-state index is 13.1. The van der Waals surface area contributed by atoms with Crippen LogP contribution in [-0.4, -0.2) is 45.7 Å². The SMILES string of the molecule is COC(=O)CCN(C(=O)Oc1cnc2nc(CCc3ccc(C#N)cc3)[nH]c2c1)c1ncccc1C. The van der Waals surface area contributed by atoms with Crippen molar-refractivity contribution in [2.24, 2.45) is 0 Å². The molecule has 1 amide bonds. The highest BCUT2D eigenvalue weighted by molar-refractivity contribution is 5.90. The second-order valence-electron chi connectivity index (χ2n) is 8.02. The summed E-state index contributed by atoms with van der Waals surface area (Å²) in [7, 11) is 1.29. The molecule has 0 aliphatic carbocycles. The van der Waals surface area contributed by atoms with Crippen molar-refractivity contribution in [2.45, 2.75) is 26.2 Å². The molecule has 0 radical (unpaired) electrons. The number of esters is 1. The molecule has 10 nitrogen and oxygen atoms in total. The van der Waals surface area contributed by atoms with Crippen LogP contribution in [0.15, 0.2) is 54.9 Å². The molecule has 3 heterocycles. The number of pyridine rings is 2. The molecule has 182 valence electrons. The third kappa shape index (κ3) is 5.82. The molecule has 0 saturated carbocycles. The van der Waals surface area contributed by atoms with Gasteiger partial charge in [0.05, 0.1) is 36.9 Å². The Morgan fingerprint density at radius 3 is 2.67 bits per heavy atom. The first-order valence-corrected chi connectivity index (χ1v) is 11.3. The minimum absolute atomic E-state index is 0.0119. The van der Waals surface area contributed by atoms with E-state index in [9.17, 15) is 9.59 Å². The topological polar surface area (TPSA) is 134 Å². The molecule has 0 bridgehead atoms. The predicted molar refractivity (Wildman–Crippen MR) is 131 cm³/mol. The molecule has 0 atom stereocenters. The molecule has 4 rings (SSSR count). The van der Waals surface area contributed by atoms with E-state index < -0.39 is 12.1 Å². The van der Waals surface area contributed by atoms with Gasteiger partial charge in [-0.1, -0.05) is 18.2 Å². The summed E-state index contributed by atoms with van der Waals surface area (Å²) in [6.45, 7) is 1.86. The maximum absolute atomic E-state index is 13.1. The quantitative estimate of drug-likeness (QED) is 0.372. The van der Waals surface area contributed by atoms with E-state index in [4.69, 9.17) is 14.7 Å². The van der Waals surface area contributed by atoms with Crippen LogP contribution in [0, 0.1) is 18.3 Å². The highest BCUT2D eigenvalue weighted by Gasteiger charge is 2.22. The molecule has 0 aliphatic heterocycles. The summed E-state index contributed by atoms with van der Waals surface area (Å²) in [5.74, 6) is 0.920. The molecular formula is C26H24N6O4. The molecule has 0 spiro atoms. The first-order valence-electron chi connectivity index (χ1n) is 11.3. The smallest absolute Gasteiger partial charge is 0.421 e. The van der Waals surface area contributed by atoms with Crippen LogP contribution in [0.4, 0.5) is 10.6 Å². The van der Waals surface area contributed by atoms with E-state index in [1.807, 2.05) is 25.1 Å². The summed E-state index contributed by atoms with van der Waals surface area (Å²) in [4.78, 5) is 42.3. The van der Waals surface area contributed by atoms with Crippen molar-refractivity contribution in [1.82, 2.24) is 19.9 Å². The van der Waals surface area contributed by atoms with Gasteiger partial charge < -0.3 is 14.5 Å². The molecule has 0 aliphatic rings. The van der Waals surface area contributed by atoms with Crippen molar-refractivity contribution >= 4 is 29.0 Å². The minimum Gasteiger partial charge on any atom is -0.469 e. The van der Waals surface area contributed by atoms with Crippen LogP contribution < -0.4 is 9.64 Å². The lowest BCUT2D eigenvalue weighted by molar-refractivity contribution is -0.140. The van der Waals surface area contributed by atoms with Gasteiger partial charge in [-0.25, -0.2) is 19.7 Å². The predicted octanol–water partition coefficient (Wildman–Crippen LogP) is 3.89. The molecule has 1 N–H and O–H groups in total. The van der Waals surface area contributed by atoms with Gasteiger partial charge in [0.15, 0.2) is 11.4 Å². The zero-order valence-electron chi connectivity index (χ0n) is 19.9. The fraction of sp³-hybridized carbons (Fsp3) is 0.231. The first kappa shape index (κ1) is 24.3. The molecular weight excluding hydrogens is 460 g/mol. The zero-order chi connectivity index (χ0) is 25.5. The van der Waals surface area contributed by atoms with Crippen LogP contribution in [0.25, 0.3) is 11.2 Å². The molecule has 1 aromatic carbocycles. The molecule has 0 saturated heterocycles. The Hall–Kier alpha value is -4.78. The highest BCUT2D eigenvalue weighted by atomic mass is 16.6. The number of rotatable bonds is 8. The number of nitriles is 1. The molecule has 10 heteroatoms. The third-order valence-electron chi connectivity index (χ3n) is 5.53. The van der Waals surface area contributed by atoms with E-state index >= 15 is 0 Å². The van der Waals surface area contributed by atoms with Crippen molar-refractivity contribution < 1.29 is 19.1 Å². The summed E-state index contributed by atoms with van der Waals surface area (Å²) in [6, 6.07) is 14.8. The highest BCUT2D eigenvalue weighted by Crippen LogP contribution is 2.21. The second-order valence-corrected chi connectivity index (χ2v) is 8.02. The number of benzene rings is 1. The number of ether oxygens (including phenoxy) is 2. The Balaban J connectivity index is 1.47. The summed E-state index contributed by atoms with van der Waals surface area (Å²) < 4.78 is 10.3. The minimum atomic E-state index is -0.692. The number of hydrogen-bond donors (Lipinski definition) is 1. The molecule has 0 unspecified atom stereocenters. The lowest BCUT2D eigenvalue weighted by Crippen LogP contribution is -2.36. The molecule has 36 heavy (non-hydrogen) atoms. The molecule has 3 aromatic heterocycles. The molecule has 4 aromatic rings. The zero-order valence-corrected chi connectivity index (χ0v) is 19.9. The van der Waals surface area contributed by atoms with E-state index in [-0.39, 0.29) is 18.7 Å². The number of methoxy groups -OCH3 is 1. The Labute approximate surface area is 207 Å². The summed E-state index contributed by atoms with van der Waals surface area (Å²) in [5.41, 5.74) is 3.61. The fourth-order valence-electron chi connectivity index (χ4n) is 3.62. The number of imidazole rings is 1. The van der Waals surface area contributed by atoms with Crippen molar-refractivity contribution in [3.63, 3.8) is 0 Å². The normalized spacial score (nSPS) is 10.6. The van der Waals surface area contributed by atoms with Gasteiger partial charge >= 0.3 is 12.1 Å². The number of aryl methyl sites for hydroxylation is 3. The van der Waals surface area contributed by atoms with Crippen LogP contribution in [-0.2, 0) is 22.4 Å². The third-order valence-corrected chi connectivity index (χ3v) is 5.53. The van der Waals surface area contributed by atoms with E-state index in [1.54, 1.807) is 30.5 Å². The largest absolute Gasteiger partial charge is 0.469 e. The van der Waals surface area contributed by atoms with Crippen molar-refractivity contribution in [3.05, 3.63) is 77.4 Å². The number of carbonyl (C=O) groups excluding carboxylic acids is 2. The number of nitrogens with zero attached hydrogens (tertiary/aromatic N) is 5. The maximum Gasteiger partial charge on any atom is 0.421 e. The number of anilines is 1. The van der Waals surface area contributed by atoms with Gasteiger partial charge in [0, 0.05) is 25.2 Å². The van der Waals surface area contributed by atoms with Crippen molar-refractivity contribution in [2.75, 3.05) is 18.6 Å². The number of aromatic nitrogens is 4. The van der Waals surface area contributed by atoms with Crippen LogP contribution in [0.3, 0.4) is 0 Å². The van der Waals surface area contributed by atoms with Gasteiger partial charge in [0.2, 0.25) is 0 Å². The average Bonchev–Trinajstić information content (AvgIpc) is 3.31. The van der Waals surface area contributed by atoms with Gasteiger partial charge in [0.25, 0.3) is 0 Å². The second kappa shape index (κ2) is 11.1. The summed E-state index contributed by atoms with van der Waals surface area (Å²) in [5, 5.41) is 8.93. The number of nitrogens with one attached hydrogen (secondary N) is 1. The van der Waals surface area contributed by atoms with Crippen LogP contribution >= 0.6 is 0 Å². The Morgan fingerprint density at radius 2 is 1.94 bits per heavy atom. The summed E-state index contributed by atoms with van der Waals surface area (Å²) >= 11 is 0. The van der Waals surface area contributed by atoms with Crippen molar-refractivity contribution in [1.29, 1.82) is 5.26 Å². The van der Waals surface area contributed by atoms with Crippen molar-refractivity contribution in [3.8, 4) is 11.8 Å². The van der Waals surface area contributed by atoms with Gasteiger partial charge in [-0.2, -0.15) is 5.26 Å².